The molecule has 0 aromatic carbocycles. The van der Waals surface area contributed by atoms with E-state index in [1.165, 1.54) is 6.21 Å². The molecule has 1 aliphatic heterocycles. The largest absolute Gasteiger partial charge is 0.480 e. The fourth-order valence-electron chi connectivity index (χ4n) is 1.10. The van der Waals surface area contributed by atoms with Crippen LogP contribution in [0, 0.1) is 0 Å². The molecule has 0 fully saturated rings. The van der Waals surface area contributed by atoms with Crippen LogP contribution in [-0.4, -0.2) is 40.0 Å². The van der Waals surface area contributed by atoms with Gasteiger partial charge in [-0.25, -0.2) is 9.59 Å². The molecule has 6 heteroatoms. The molecular weight excluding hydrogens is 200 g/mol. The van der Waals surface area contributed by atoms with E-state index >= 15 is 0 Å². The van der Waals surface area contributed by atoms with Crippen molar-refractivity contribution in [1.29, 1.82) is 0 Å². The van der Waals surface area contributed by atoms with Gasteiger partial charge in [-0.15, -0.1) is 0 Å². The number of carbonyl (C=O) groups excluding carboxylic acids is 1. The van der Waals surface area contributed by atoms with Gasteiger partial charge in [0.25, 0.3) is 0 Å². The Labute approximate surface area is 87.5 Å². The molecular formula is C9H14N2O4. The highest BCUT2D eigenvalue weighted by Crippen LogP contribution is 2.16. The number of carboxylic acids is 1. The van der Waals surface area contributed by atoms with Gasteiger partial charge in [0, 0.05) is 12.6 Å². The molecule has 1 rings (SSSR count). The van der Waals surface area contributed by atoms with E-state index in [9.17, 15) is 9.59 Å². The van der Waals surface area contributed by atoms with E-state index in [1.807, 2.05) is 0 Å². The van der Waals surface area contributed by atoms with Gasteiger partial charge in [0.15, 0.2) is 6.04 Å². The predicted molar refractivity (Wildman–Crippen MR) is 52.6 cm³/mol. The molecule has 1 heterocycles. The minimum Gasteiger partial charge on any atom is -0.480 e. The summed E-state index contributed by atoms with van der Waals surface area (Å²) in [6, 6.07) is -0.945. The standard InChI is InChI=1S/C9H14N2O4/c1-9(2,3)15-8(14)11-6(7(12)13)4-5-10-11/h5-6H,4H2,1-3H3,(H,12,13). The van der Waals surface area contributed by atoms with Crippen LogP contribution in [0.25, 0.3) is 0 Å². The lowest BCUT2D eigenvalue weighted by atomic mass is 10.2. The Bertz CT molecular complexity index is 306. The quantitative estimate of drug-likeness (QED) is 0.708. The van der Waals surface area contributed by atoms with Crippen molar-refractivity contribution in [3.8, 4) is 0 Å². The number of hydrazone groups is 1. The van der Waals surface area contributed by atoms with Crippen molar-refractivity contribution in [3.63, 3.8) is 0 Å². The number of ether oxygens (including phenoxy) is 1. The molecule has 1 N–H and O–H groups in total. The van der Waals surface area contributed by atoms with Gasteiger partial charge in [0.1, 0.15) is 5.60 Å². The van der Waals surface area contributed by atoms with Gasteiger partial charge >= 0.3 is 12.1 Å². The average Bonchev–Trinajstić information content (AvgIpc) is 2.47. The van der Waals surface area contributed by atoms with Crippen molar-refractivity contribution in [1.82, 2.24) is 5.01 Å². The van der Waals surface area contributed by atoms with Gasteiger partial charge < -0.3 is 9.84 Å². The maximum Gasteiger partial charge on any atom is 0.431 e. The van der Waals surface area contributed by atoms with Crippen molar-refractivity contribution in [2.45, 2.75) is 38.8 Å². The number of rotatable bonds is 1. The van der Waals surface area contributed by atoms with E-state index in [0.29, 0.717) is 0 Å². The zero-order valence-electron chi connectivity index (χ0n) is 8.93. The molecule has 6 nitrogen and oxygen atoms in total. The van der Waals surface area contributed by atoms with E-state index in [-0.39, 0.29) is 6.42 Å². The summed E-state index contributed by atoms with van der Waals surface area (Å²) in [5.74, 6) is -1.08. The third-order valence-corrected chi connectivity index (χ3v) is 1.70. The molecule has 0 saturated carbocycles. The lowest BCUT2D eigenvalue weighted by molar-refractivity contribution is -0.142. The number of hydrogen-bond acceptors (Lipinski definition) is 4. The van der Waals surface area contributed by atoms with Crippen LogP contribution in [0.2, 0.25) is 0 Å². The maximum absolute atomic E-state index is 11.5. The van der Waals surface area contributed by atoms with Crippen LogP contribution >= 0.6 is 0 Å². The minimum atomic E-state index is -1.08. The lowest BCUT2D eigenvalue weighted by Crippen LogP contribution is -2.41. The number of nitrogens with zero attached hydrogens (tertiary/aromatic N) is 2. The van der Waals surface area contributed by atoms with Gasteiger partial charge in [-0.3, -0.25) is 0 Å². The average molecular weight is 214 g/mol. The smallest absolute Gasteiger partial charge is 0.431 e. The summed E-state index contributed by atoms with van der Waals surface area (Å²) < 4.78 is 5.01. The molecule has 1 atom stereocenters. The van der Waals surface area contributed by atoms with Crippen LogP contribution in [0.3, 0.4) is 0 Å². The molecule has 0 radical (unpaired) electrons. The molecule has 84 valence electrons. The normalized spacial score (nSPS) is 20.5. The summed E-state index contributed by atoms with van der Waals surface area (Å²) in [5.41, 5.74) is -0.655. The zero-order valence-corrected chi connectivity index (χ0v) is 8.93. The van der Waals surface area contributed by atoms with Gasteiger partial charge in [-0.1, -0.05) is 0 Å². The summed E-state index contributed by atoms with van der Waals surface area (Å²) in [5, 5.41) is 13.3. The first-order chi connectivity index (χ1) is 6.81. The van der Waals surface area contributed by atoms with E-state index in [4.69, 9.17) is 9.84 Å². The summed E-state index contributed by atoms with van der Waals surface area (Å²) in [7, 11) is 0. The van der Waals surface area contributed by atoms with Crippen LogP contribution in [0.1, 0.15) is 27.2 Å². The van der Waals surface area contributed by atoms with Gasteiger partial charge in [0.05, 0.1) is 0 Å². The second kappa shape index (κ2) is 3.88. The molecule has 1 amide bonds. The number of carbonyl (C=O) groups is 2. The van der Waals surface area contributed by atoms with Gasteiger partial charge in [-0.2, -0.15) is 10.1 Å². The fraction of sp³-hybridized carbons (Fsp3) is 0.667. The molecule has 0 aromatic heterocycles. The zero-order chi connectivity index (χ0) is 11.6. The van der Waals surface area contributed by atoms with Crippen molar-refractivity contribution in [2.24, 2.45) is 5.10 Å². The molecule has 0 aromatic rings. The van der Waals surface area contributed by atoms with Crippen molar-refractivity contribution in [3.05, 3.63) is 0 Å². The van der Waals surface area contributed by atoms with E-state index in [0.717, 1.165) is 5.01 Å². The van der Waals surface area contributed by atoms with Crippen LogP contribution in [-0.2, 0) is 9.53 Å². The summed E-state index contributed by atoms with van der Waals surface area (Å²) in [6.45, 7) is 5.13. The second-order valence-corrected chi connectivity index (χ2v) is 4.21. The predicted octanol–water partition coefficient (Wildman–Crippen LogP) is 1.07. The molecule has 0 aliphatic carbocycles. The summed E-state index contributed by atoms with van der Waals surface area (Å²) in [4.78, 5) is 22.3. The molecule has 1 unspecified atom stereocenters. The van der Waals surface area contributed by atoms with E-state index in [2.05, 4.69) is 5.10 Å². The summed E-state index contributed by atoms with van der Waals surface area (Å²) >= 11 is 0. The molecule has 1 aliphatic rings. The van der Waals surface area contributed by atoms with Crippen molar-refractivity contribution < 1.29 is 19.4 Å². The first-order valence-electron chi connectivity index (χ1n) is 4.59. The van der Waals surface area contributed by atoms with Crippen molar-refractivity contribution >= 4 is 18.3 Å². The number of amides is 1. The van der Waals surface area contributed by atoms with Gasteiger partial charge in [-0.05, 0) is 20.8 Å². The Morgan fingerprint density at radius 2 is 2.13 bits per heavy atom. The third kappa shape index (κ3) is 2.93. The Balaban J connectivity index is 2.67. The van der Waals surface area contributed by atoms with Crippen LogP contribution in [0.15, 0.2) is 5.10 Å². The highest BCUT2D eigenvalue weighted by molar-refractivity contribution is 5.85. The van der Waals surface area contributed by atoms with Crippen LogP contribution in [0.5, 0.6) is 0 Å². The van der Waals surface area contributed by atoms with E-state index in [1.54, 1.807) is 20.8 Å². The monoisotopic (exact) mass is 214 g/mol. The third-order valence-electron chi connectivity index (χ3n) is 1.70. The fourth-order valence-corrected chi connectivity index (χ4v) is 1.10. The Kier molecular flexibility index (Phi) is 2.97. The van der Waals surface area contributed by atoms with Crippen LogP contribution in [0.4, 0.5) is 4.79 Å². The SMILES string of the molecule is CC(C)(C)OC(=O)N1N=CCC1C(=O)O. The Morgan fingerprint density at radius 1 is 1.53 bits per heavy atom. The highest BCUT2D eigenvalue weighted by atomic mass is 16.6. The second-order valence-electron chi connectivity index (χ2n) is 4.21. The number of carboxylic acid groups (broad SMARTS) is 1. The lowest BCUT2D eigenvalue weighted by Gasteiger charge is -2.24. The Hall–Kier alpha value is -1.59. The molecule has 15 heavy (non-hydrogen) atoms. The summed E-state index contributed by atoms with van der Waals surface area (Å²) in [6.07, 6.45) is 0.876. The molecule has 0 spiro atoms. The first-order valence-corrected chi connectivity index (χ1v) is 4.59. The number of aliphatic carboxylic acids is 1. The minimum absolute atomic E-state index is 0.217. The number of hydrogen-bond donors (Lipinski definition) is 1. The van der Waals surface area contributed by atoms with Crippen molar-refractivity contribution in [2.75, 3.05) is 0 Å². The molecule has 0 bridgehead atoms. The molecule has 0 saturated heterocycles. The topological polar surface area (TPSA) is 79.2 Å². The Morgan fingerprint density at radius 3 is 2.60 bits per heavy atom. The highest BCUT2D eigenvalue weighted by Gasteiger charge is 2.35. The van der Waals surface area contributed by atoms with Gasteiger partial charge in [0.2, 0.25) is 0 Å². The van der Waals surface area contributed by atoms with E-state index < -0.39 is 23.7 Å². The van der Waals surface area contributed by atoms with Crippen LogP contribution < -0.4 is 0 Å². The maximum atomic E-state index is 11.5. The first kappa shape index (κ1) is 11.5.